The summed E-state index contributed by atoms with van der Waals surface area (Å²) in [4.78, 5) is 12.3. The fraction of sp³-hybridized carbons (Fsp3) is 0. The molecule has 0 fully saturated rings. The minimum absolute atomic E-state index is 0.268. The van der Waals surface area contributed by atoms with E-state index >= 15 is 0 Å². The van der Waals surface area contributed by atoms with Gasteiger partial charge in [0.1, 0.15) is 0 Å². The molecule has 2 nitrogen and oxygen atoms in total. The topological polar surface area (TPSA) is 29.1 Å². The molecule has 0 heterocycles. The van der Waals surface area contributed by atoms with Crippen LogP contribution in [0.3, 0.4) is 0 Å². The summed E-state index contributed by atoms with van der Waals surface area (Å²) in [5.74, 6) is -0.268. The van der Waals surface area contributed by atoms with Crippen molar-refractivity contribution in [3.8, 4) is 0 Å². The molecule has 0 aliphatic carbocycles. The van der Waals surface area contributed by atoms with E-state index in [1.54, 1.807) is 6.07 Å². The van der Waals surface area contributed by atoms with E-state index in [-0.39, 0.29) is 5.91 Å². The van der Waals surface area contributed by atoms with Crippen LogP contribution in [0, 0.1) is 3.57 Å². The molecule has 0 atom stereocenters. The van der Waals surface area contributed by atoms with Crippen molar-refractivity contribution in [1.29, 1.82) is 0 Å². The predicted octanol–water partition coefficient (Wildman–Crippen LogP) is 6.27. The summed E-state index contributed by atoms with van der Waals surface area (Å²) in [5, 5.41) is 3.72. The fourth-order valence-electron chi connectivity index (χ4n) is 1.48. The van der Waals surface area contributed by atoms with Gasteiger partial charge in [-0.25, -0.2) is 0 Å². The van der Waals surface area contributed by atoms with E-state index in [4.69, 9.17) is 34.8 Å². The highest BCUT2D eigenvalue weighted by atomic mass is 127. The van der Waals surface area contributed by atoms with E-state index in [1.165, 1.54) is 12.1 Å². The van der Waals surface area contributed by atoms with Crippen LogP contribution in [0.1, 0.15) is 10.4 Å². The first-order valence-corrected chi connectivity index (χ1v) is 8.30. The molecule has 20 heavy (non-hydrogen) atoms. The van der Waals surface area contributed by atoms with Gasteiger partial charge in [0.15, 0.2) is 0 Å². The molecule has 104 valence electrons. The van der Waals surface area contributed by atoms with E-state index in [2.05, 4.69) is 43.8 Å². The number of hydrogen-bond acceptors (Lipinski definition) is 1. The van der Waals surface area contributed by atoms with Gasteiger partial charge in [0.05, 0.1) is 26.3 Å². The normalized spacial score (nSPS) is 10.4. The largest absolute Gasteiger partial charge is 0.321 e. The lowest BCUT2D eigenvalue weighted by Gasteiger charge is -2.10. The van der Waals surface area contributed by atoms with Crippen molar-refractivity contribution in [1.82, 2.24) is 0 Å². The maximum Gasteiger partial charge on any atom is 0.256 e. The molecule has 0 aliphatic rings. The van der Waals surface area contributed by atoms with Crippen molar-refractivity contribution in [2.45, 2.75) is 0 Å². The molecular weight excluding hydrogens is 499 g/mol. The number of benzene rings is 2. The summed E-state index contributed by atoms with van der Waals surface area (Å²) < 4.78 is 1.66. The molecule has 0 aliphatic heterocycles. The van der Waals surface area contributed by atoms with Crippen LogP contribution in [0.4, 0.5) is 5.69 Å². The standard InChI is InChI=1S/C13H6BrCl3INO/c14-6-1-2-11(18)7(3-6)13(20)19-12-5-9(16)8(15)4-10(12)17/h1-5H,(H,19,20). The summed E-state index contributed by atoms with van der Waals surface area (Å²) >= 11 is 23.2. The molecule has 0 saturated carbocycles. The smallest absolute Gasteiger partial charge is 0.256 e. The van der Waals surface area contributed by atoms with E-state index in [0.717, 1.165) is 8.04 Å². The number of amides is 1. The Balaban J connectivity index is 2.32. The third-order valence-corrected chi connectivity index (χ3v) is 4.90. The van der Waals surface area contributed by atoms with Crippen LogP contribution in [-0.4, -0.2) is 5.91 Å². The van der Waals surface area contributed by atoms with Crippen molar-refractivity contribution in [2.24, 2.45) is 0 Å². The first kappa shape index (κ1) is 16.4. The summed E-state index contributed by atoms with van der Waals surface area (Å²) in [7, 11) is 0. The van der Waals surface area contributed by atoms with Crippen LogP contribution in [-0.2, 0) is 0 Å². The Labute approximate surface area is 153 Å². The molecule has 2 aromatic carbocycles. The SMILES string of the molecule is O=C(Nc1cc(Cl)c(Cl)cc1Cl)c1cc(Br)ccc1I. The Hall–Kier alpha value is -0.0100. The lowest BCUT2D eigenvalue weighted by atomic mass is 10.2. The van der Waals surface area contributed by atoms with Crippen molar-refractivity contribution in [2.75, 3.05) is 5.32 Å². The zero-order valence-electron chi connectivity index (χ0n) is 9.68. The van der Waals surface area contributed by atoms with Crippen LogP contribution < -0.4 is 5.32 Å². The molecule has 0 radical (unpaired) electrons. The number of rotatable bonds is 2. The number of nitrogens with one attached hydrogen (secondary N) is 1. The number of carbonyl (C=O) groups excluding carboxylic acids is 1. The van der Waals surface area contributed by atoms with E-state index in [1.807, 2.05) is 12.1 Å². The Bertz CT molecular complexity index is 694. The Morgan fingerprint density at radius 3 is 2.40 bits per heavy atom. The number of halogens is 5. The van der Waals surface area contributed by atoms with Gasteiger partial charge in [-0.05, 0) is 52.9 Å². The molecular formula is C13H6BrCl3INO. The van der Waals surface area contributed by atoms with Gasteiger partial charge in [-0.15, -0.1) is 0 Å². The Morgan fingerprint density at radius 2 is 1.70 bits per heavy atom. The first-order chi connectivity index (χ1) is 9.38. The van der Waals surface area contributed by atoms with Crippen molar-refractivity contribution in [3.05, 3.63) is 59.0 Å². The molecule has 0 unspecified atom stereocenters. The molecule has 0 bridgehead atoms. The van der Waals surface area contributed by atoms with Gasteiger partial charge in [-0.1, -0.05) is 50.7 Å². The van der Waals surface area contributed by atoms with Crippen LogP contribution in [0.25, 0.3) is 0 Å². The van der Waals surface area contributed by atoms with Crippen LogP contribution in [0.15, 0.2) is 34.8 Å². The van der Waals surface area contributed by atoms with Crippen LogP contribution >= 0.6 is 73.3 Å². The van der Waals surface area contributed by atoms with Gasteiger partial charge in [0.2, 0.25) is 0 Å². The van der Waals surface area contributed by atoms with Crippen molar-refractivity contribution < 1.29 is 4.79 Å². The second kappa shape index (κ2) is 6.83. The quantitative estimate of drug-likeness (QED) is 0.379. The third-order valence-electron chi connectivity index (χ3n) is 2.43. The highest BCUT2D eigenvalue weighted by molar-refractivity contribution is 14.1. The molecule has 7 heteroatoms. The highest BCUT2D eigenvalue weighted by Gasteiger charge is 2.13. The summed E-state index contributed by atoms with van der Waals surface area (Å²) in [6.45, 7) is 0. The average Bonchev–Trinajstić information content (AvgIpc) is 2.38. The second-order valence-electron chi connectivity index (χ2n) is 3.82. The zero-order valence-corrected chi connectivity index (χ0v) is 15.7. The lowest BCUT2D eigenvalue weighted by Crippen LogP contribution is -2.13. The summed E-state index contributed by atoms with van der Waals surface area (Å²) in [6, 6.07) is 8.46. The van der Waals surface area contributed by atoms with Gasteiger partial charge in [-0.3, -0.25) is 4.79 Å². The van der Waals surface area contributed by atoms with Gasteiger partial charge in [0.25, 0.3) is 5.91 Å². The minimum atomic E-state index is -0.268. The van der Waals surface area contributed by atoms with E-state index < -0.39 is 0 Å². The zero-order chi connectivity index (χ0) is 14.9. The molecule has 0 aromatic heterocycles. The fourth-order valence-corrected chi connectivity index (χ4v) is 3.02. The number of carbonyl (C=O) groups is 1. The van der Waals surface area contributed by atoms with Crippen LogP contribution in [0.2, 0.25) is 15.1 Å². The van der Waals surface area contributed by atoms with E-state index in [0.29, 0.717) is 26.3 Å². The lowest BCUT2D eigenvalue weighted by molar-refractivity contribution is 0.102. The third kappa shape index (κ3) is 3.80. The molecule has 0 spiro atoms. The van der Waals surface area contributed by atoms with Gasteiger partial charge >= 0.3 is 0 Å². The van der Waals surface area contributed by atoms with E-state index in [9.17, 15) is 4.79 Å². The monoisotopic (exact) mass is 503 g/mol. The minimum Gasteiger partial charge on any atom is -0.321 e. The van der Waals surface area contributed by atoms with Crippen LogP contribution in [0.5, 0.6) is 0 Å². The number of anilines is 1. The maximum absolute atomic E-state index is 12.3. The Morgan fingerprint density at radius 1 is 1.05 bits per heavy atom. The van der Waals surface area contributed by atoms with Crippen molar-refractivity contribution in [3.63, 3.8) is 0 Å². The molecule has 1 amide bonds. The maximum atomic E-state index is 12.3. The predicted molar refractivity (Wildman–Crippen MR) is 96.3 cm³/mol. The van der Waals surface area contributed by atoms with Gasteiger partial charge in [0, 0.05) is 8.04 Å². The summed E-state index contributed by atoms with van der Waals surface area (Å²) in [6.07, 6.45) is 0. The first-order valence-electron chi connectivity index (χ1n) is 5.29. The molecule has 1 N–H and O–H groups in total. The average molecular weight is 505 g/mol. The van der Waals surface area contributed by atoms with Gasteiger partial charge in [-0.2, -0.15) is 0 Å². The molecule has 2 rings (SSSR count). The molecule has 0 saturated heterocycles. The number of hydrogen-bond donors (Lipinski definition) is 1. The van der Waals surface area contributed by atoms with Gasteiger partial charge < -0.3 is 5.32 Å². The second-order valence-corrected chi connectivity index (χ2v) is 7.12. The highest BCUT2D eigenvalue weighted by Crippen LogP contribution is 2.32. The molecule has 2 aromatic rings. The van der Waals surface area contributed by atoms with Crippen molar-refractivity contribution >= 4 is 84.9 Å². The summed E-state index contributed by atoms with van der Waals surface area (Å²) in [5.41, 5.74) is 0.962. The Kier molecular flexibility index (Phi) is 5.59.